The highest BCUT2D eigenvalue weighted by atomic mass is 32.1. The molecule has 0 saturated carbocycles. The topological polar surface area (TPSA) is 41.5 Å². The molecule has 1 aromatic rings. The second-order valence-electron chi connectivity index (χ2n) is 6.69. The Labute approximate surface area is 131 Å². The maximum atomic E-state index is 5.47. The number of rotatable bonds is 4. The number of morpholine rings is 1. The zero-order valence-electron chi connectivity index (χ0n) is 13.3. The molecule has 6 heteroatoms. The van der Waals surface area contributed by atoms with Gasteiger partial charge in [0.25, 0.3) is 0 Å². The van der Waals surface area contributed by atoms with Crippen molar-refractivity contribution in [1.29, 1.82) is 0 Å². The molecule has 0 aliphatic carbocycles. The fourth-order valence-electron chi connectivity index (χ4n) is 3.31. The SMILES string of the molecule is CC(C)Cc1nsc(N2CC(C)C(N3CCOCC3)C2)n1. The van der Waals surface area contributed by atoms with Gasteiger partial charge in [-0.1, -0.05) is 20.8 Å². The van der Waals surface area contributed by atoms with Crippen LogP contribution in [0.3, 0.4) is 0 Å². The molecule has 1 aromatic heterocycles. The summed E-state index contributed by atoms with van der Waals surface area (Å²) in [6.45, 7) is 12.8. The van der Waals surface area contributed by atoms with Crippen LogP contribution in [-0.4, -0.2) is 59.7 Å². The van der Waals surface area contributed by atoms with Crippen molar-refractivity contribution in [2.45, 2.75) is 33.2 Å². The number of hydrogen-bond donors (Lipinski definition) is 0. The third-order valence-corrected chi connectivity index (χ3v) is 5.22. The molecule has 2 atom stereocenters. The number of hydrogen-bond acceptors (Lipinski definition) is 6. The van der Waals surface area contributed by atoms with Gasteiger partial charge in [0.05, 0.1) is 13.2 Å². The predicted molar refractivity (Wildman–Crippen MR) is 86.0 cm³/mol. The monoisotopic (exact) mass is 310 g/mol. The Morgan fingerprint density at radius 1 is 1.29 bits per heavy atom. The second-order valence-corrected chi connectivity index (χ2v) is 7.42. The van der Waals surface area contributed by atoms with Gasteiger partial charge < -0.3 is 9.64 Å². The summed E-state index contributed by atoms with van der Waals surface area (Å²) < 4.78 is 9.99. The quantitative estimate of drug-likeness (QED) is 0.849. The van der Waals surface area contributed by atoms with E-state index in [0.717, 1.165) is 56.8 Å². The normalized spacial score (nSPS) is 27.7. The lowest BCUT2D eigenvalue weighted by Gasteiger charge is -2.33. The molecule has 2 saturated heterocycles. The van der Waals surface area contributed by atoms with Gasteiger partial charge in [0, 0.05) is 50.2 Å². The Morgan fingerprint density at radius 3 is 2.76 bits per heavy atom. The minimum atomic E-state index is 0.617. The predicted octanol–water partition coefficient (Wildman–Crippen LogP) is 1.89. The van der Waals surface area contributed by atoms with Crippen molar-refractivity contribution in [1.82, 2.24) is 14.3 Å². The van der Waals surface area contributed by atoms with E-state index in [0.29, 0.717) is 17.9 Å². The Bertz CT molecular complexity index is 458. The smallest absolute Gasteiger partial charge is 0.205 e. The van der Waals surface area contributed by atoms with Crippen LogP contribution < -0.4 is 4.90 Å². The van der Waals surface area contributed by atoms with Crippen molar-refractivity contribution in [2.75, 3.05) is 44.3 Å². The summed E-state index contributed by atoms with van der Waals surface area (Å²) in [6.07, 6.45) is 0.979. The second kappa shape index (κ2) is 6.58. The summed E-state index contributed by atoms with van der Waals surface area (Å²) in [5, 5.41) is 1.10. The fourth-order valence-corrected chi connectivity index (χ4v) is 4.02. The van der Waals surface area contributed by atoms with Crippen molar-refractivity contribution in [3.63, 3.8) is 0 Å². The number of aromatic nitrogens is 2. The standard InChI is InChI=1S/C15H26N4OS/c1-11(2)8-14-16-15(21-17-14)19-9-12(3)13(10-19)18-4-6-20-7-5-18/h11-13H,4-10H2,1-3H3. The van der Waals surface area contributed by atoms with Crippen LogP contribution in [0, 0.1) is 11.8 Å². The van der Waals surface area contributed by atoms with Crippen LogP contribution in [0.4, 0.5) is 5.13 Å². The van der Waals surface area contributed by atoms with Gasteiger partial charge in [0.2, 0.25) is 5.13 Å². The van der Waals surface area contributed by atoms with Gasteiger partial charge in [-0.2, -0.15) is 4.37 Å². The van der Waals surface area contributed by atoms with E-state index in [9.17, 15) is 0 Å². The number of nitrogens with zero attached hydrogens (tertiary/aromatic N) is 4. The molecular formula is C15H26N4OS. The molecule has 2 fully saturated rings. The molecule has 0 amide bonds. The third-order valence-electron chi connectivity index (χ3n) is 4.41. The summed E-state index contributed by atoms with van der Waals surface area (Å²) >= 11 is 1.56. The number of ether oxygens (including phenoxy) is 1. The van der Waals surface area contributed by atoms with E-state index in [2.05, 4.69) is 34.9 Å². The Morgan fingerprint density at radius 2 is 2.05 bits per heavy atom. The first kappa shape index (κ1) is 15.2. The van der Waals surface area contributed by atoms with E-state index < -0.39 is 0 Å². The first-order chi connectivity index (χ1) is 10.1. The highest BCUT2D eigenvalue weighted by Crippen LogP contribution is 2.29. The van der Waals surface area contributed by atoms with Crippen LogP contribution in [0.2, 0.25) is 0 Å². The maximum absolute atomic E-state index is 5.47. The molecule has 0 N–H and O–H groups in total. The van der Waals surface area contributed by atoms with Crippen LogP contribution in [0.5, 0.6) is 0 Å². The molecule has 2 unspecified atom stereocenters. The summed E-state index contributed by atoms with van der Waals surface area (Å²) in [5.74, 6) is 2.30. The van der Waals surface area contributed by atoms with Crippen molar-refractivity contribution in [3.05, 3.63) is 5.82 Å². The summed E-state index contributed by atoms with van der Waals surface area (Å²) in [7, 11) is 0. The summed E-state index contributed by atoms with van der Waals surface area (Å²) in [4.78, 5) is 9.75. The molecule has 0 bridgehead atoms. The van der Waals surface area contributed by atoms with Crippen molar-refractivity contribution in [2.24, 2.45) is 11.8 Å². The Kier molecular flexibility index (Phi) is 4.76. The fraction of sp³-hybridized carbons (Fsp3) is 0.867. The molecule has 0 spiro atoms. The molecule has 0 aromatic carbocycles. The van der Waals surface area contributed by atoms with Crippen molar-refractivity contribution >= 4 is 16.7 Å². The van der Waals surface area contributed by atoms with E-state index in [1.165, 1.54) is 0 Å². The first-order valence-corrected chi connectivity index (χ1v) is 8.80. The highest BCUT2D eigenvalue weighted by molar-refractivity contribution is 7.09. The van der Waals surface area contributed by atoms with E-state index >= 15 is 0 Å². The molecule has 21 heavy (non-hydrogen) atoms. The number of anilines is 1. The minimum absolute atomic E-state index is 0.617. The van der Waals surface area contributed by atoms with Crippen molar-refractivity contribution < 1.29 is 4.74 Å². The van der Waals surface area contributed by atoms with Gasteiger partial charge >= 0.3 is 0 Å². The lowest BCUT2D eigenvalue weighted by atomic mass is 10.0. The van der Waals surface area contributed by atoms with Gasteiger partial charge in [0.15, 0.2) is 0 Å². The Balaban J connectivity index is 1.63. The Hall–Kier alpha value is -0.720. The van der Waals surface area contributed by atoms with Gasteiger partial charge in [-0.15, -0.1) is 0 Å². The molecule has 2 aliphatic heterocycles. The van der Waals surface area contributed by atoms with Crippen molar-refractivity contribution in [3.8, 4) is 0 Å². The maximum Gasteiger partial charge on any atom is 0.205 e. The average Bonchev–Trinajstić information content (AvgIpc) is 3.06. The molecular weight excluding hydrogens is 284 g/mol. The lowest BCUT2D eigenvalue weighted by molar-refractivity contribution is 0.0134. The summed E-state index contributed by atoms with van der Waals surface area (Å²) in [5.41, 5.74) is 0. The zero-order valence-corrected chi connectivity index (χ0v) is 14.1. The minimum Gasteiger partial charge on any atom is -0.379 e. The van der Waals surface area contributed by atoms with E-state index in [-0.39, 0.29) is 0 Å². The largest absolute Gasteiger partial charge is 0.379 e. The van der Waals surface area contributed by atoms with Gasteiger partial charge in [0.1, 0.15) is 5.82 Å². The van der Waals surface area contributed by atoms with E-state index in [1.54, 1.807) is 11.5 Å². The molecule has 118 valence electrons. The molecule has 5 nitrogen and oxygen atoms in total. The lowest BCUT2D eigenvalue weighted by Crippen LogP contribution is -2.46. The van der Waals surface area contributed by atoms with Crippen LogP contribution in [0.25, 0.3) is 0 Å². The van der Waals surface area contributed by atoms with Crippen LogP contribution in [0.15, 0.2) is 0 Å². The van der Waals surface area contributed by atoms with Crippen LogP contribution >= 0.6 is 11.5 Å². The summed E-state index contributed by atoms with van der Waals surface area (Å²) in [6, 6.07) is 0.631. The molecule has 3 rings (SSSR count). The van der Waals surface area contributed by atoms with Gasteiger partial charge in [-0.25, -0.2) is 4.98 Å². The van der Waals surface area contributed by atoms with Gasteiger partial charge in [-0.05, 0) is 11.8 Å². The van der Waals surface area contributed by atoms with Crippen LogP contribution in [0.1, 0.15) is 26.6 Å². The first-order valence-electron chi connectivity index (χ1n) is 8.03. The zero-order chi connectivity index (χ0) is 14.8. The van der Waals surface area contributed by atoms with Gasteiger partial charge in [-0.3, -0.25) is 4.90 Å². The highest BCUT2D eigenvalue weighted by Gasteiger charge is 2.35. The molecule has 2 aliphatic rings. The van der Waals surface area contributed by atoms with E-state index in [4.69, 9.17) is 9.72 Å². The molecule has 3 heterocycles. The van der Waals surface area contributed by atoms with Crippen LogP contribution in [-0.2, 0) is 11.2 Å². The third kappa shape index (κ3) is 3.55. The van der Waals surface area contributed by atoms with E-state index in [1.807, 2.05) is 0 Å². The average molecular weight is 310 g/mol. The molecule has 0 radical (unpaired) electrons.